The molecule has 7 heteroatoms. The van der Waals surface area contributed by atoms with Crippen LogP contribution in [0.25, 0.3) is 0 Å². The molecule has 5 N–H and O–H groups in total. The number of amides is 1. The van der Waals surface area contributed by atoms with Gasteiger partial charge in [0.05, 0.1) is 29.7 Å². The number of nitrogens with zero attached hydrogens (tertiary/aromatic N) is 2. The number of rotatable bonds is 2. The predicted octanol–water partition coefficient (Wildman–Crippen LogP) is -1.46. The van der Waals surface area contributed by atoms with E-state index < -0.39 is 12.2 Å². The summed E-state index contributed by atoms with van der Waals surface area (Å²) < 4.78 is 0. The second-order valence-electron chi connectivity index (χ2n) is 3.91. The summed E-state index contributed by atoms with van der Waals surface area (Å²) in [5.41, 5.74) is 3.16. The Morgan fingerprint density at radius 2 is 2.12 bits per heavy atom. The van der Waals surface area contributed by atoms with Crippen LogP contribution in [0, 0.1) is 0 Å². The molecule has 2 rings (SSSR count). The van der Waals surface area contributed by atoms with Crippen LogP contribution in [0.15, 0.2) is 18.5 Å². The van der Waals surface area contributed by atoms with E-state index in [1.54, 1.807) is 0 Å². The number of pyridine rings is 1. The number of aliphatic hydroxyl groups excluding tert-OH is 2. The summed E-state index contributed by atoms with van der Waals surface area (Å²) in [7, 11) is 0. The van der Waals surface area contributed by atoms with Crippen LogP contribution in [0.3, 0.4) is 0 Å². The van der Waals surface area contributed by atoms with Gasteiger partial charge in [-0.1, -0.05) is 0 Å². The zero-order chi connectivity index (χ0) is 12.4. The minimum Gasteiger partial charge on any atom is -0.388 e. The maximum atomic E-state index is 12.1. The minimum absolute atomic E-state index is 0.117. The van der Waals surface area contributed by atoms with E-state index in [2.05, 4.69) is 10.4 Å². The number of hydrogen-bond acceptors (Lipinski definition) is 6. The summed E-state index contributed by atoms with van der Waals surface area (Å²) in [6.07, 6.45) is 1.14. The Bertz CT molecular complexity index is 416. The van der Waals surface area contributed by atoms with Crippen molar-refractivity contribution in [2.75, 3.05) is 18.5 Å². The molecule has 0 bridgehead atoms. The third kappa shape index (κ3) is 2.21. The van der Waals surface area contributed by atoms with E-state index in [9.17, 15) is 15.0 Å². The second kappa shape index (κ2) is 4.66. The van der Waals surface area contributed by atoms with Crippen LogP contribution in [-0.2, 0) is 0 Å². The molecular weight excluding hydrogens is 224 g/mol. The molecule has 1 amide bonds. The smallest absolute Gasteiger partial charge is 0.256 e. The monoisotopic (exact) mass is 238 g/mol. The molecule has 1 saturated heterocycles. The third-order valence-corrected chi connectivity index (χ3v) is 2.75. The third-order valence-electron chi connectivity index (χ3n) is 2.75. The first-order valence-electron chi connectivity index (χ1n) is 5.19. The van der Waals surface area contributed by atoms with Crippen LogP contribution in [-0.4, -0.2) is 51.3 Å². The van der Waals surface area contributed by atoms with Gasteiger partial charge in [0.1, 0.15) is 0 Å². The van der Waals surface area contributed by atoms with E-state index in [4.69, 9.17) is 5.84 Å². The van der Waals surface area contributed by atoms with Crippen LogP contribution >= 0.6 is 0 Å². The molecule has 2 unspecified atom stereocenters. The van der Waals surface area contributed by atoms with Crippen molar-refractivity contribution in [2.24, 2.45) is 5.84 Å². The summed E-state index contributed by atoms with van der Waals surface area (Å²) in [4.78, 5) is 17.3. The van der Waals surface area contributed by atoms with Crippen LogP contribution in [0.5, 0.6) is 0 Å². The lowest BCUT2D eigenvalue weighted by Crippen LogP contribution is -2.30. The molecule has 17 heavy (non-hydrogen) atoms. The molecule has 0 aromatic carbocycles. The lowest BCUT2D eigenvalue weighted by atomic mass is 10.2. The molecule has 2 heterocycles. The highest BCUT2D eigenvalue weighted by Gasteiger charge is 2.33. The number of hydrazine groups is 1. The Labute approximate surface area is 97.8 Å². The van der Waals surface area contributed by atoms with Gasteiger partial charge in [-0.25, -0.2) is 0 Å². The lowest BCUT2D eigenvalue weighted by Gasteiger charge is -2.17. The van der Waals surface area contributed by atoms with Gasteiger partial charge in [0.25, 0.3) is 5.91 Å². The molecular formula is C10H14N4O3. The Balaban J connectivity index is 2.20. The Morgan fingerprint density at radius 3 is 2.71 bits per heavy atom. The largest absolute Gasteiger partial charge is 0.388 e. The highest BCUT2D eigenvalue weighted by molar-refractivity contribution is 5.99. The number of nitrogens with one attached hydrogen (secondary N) is 1. The van der Waals surface area contributed by atoms with Gasteiger partial charge in [0.2, 0.25) is 0 Å². The zero-order valence-electron chi connectivity index (χ0n) is 9.08. The number of β-amino-alcohol motifs (C(OH)–C–C–N with tert-alkyl or cyclic N) is 2. The van der Waals surface area contributed by atoms with Gasteiger partial charge >= 0.3 is 0 Å². The van der Waals surface area contributed by atoms with E-state index in [1.165, 1.54) is 23.4 Å². The number of aromatic nitrogens is 1. The van der Waals surface area contributed by atoms with E-state index >= 15 is 0 Å². The van der Waals surface area contributed by atoms with Gasteiger partial charge in [0.15, 0.2) is 0 Å². The first-order valence-corrected chi connectivity index (χ1v) is 5.19. The van der Waals surface area contributed by atoms with Gasteiger partial charge in [-0.15, -0.1) is 0 Å². The van der Waals surface area contributed by atoms with E-state index in [0.717, 1.165) is 0 Å². The summed E-state index contributed by atoms with van der Waals surface area (Å²) in [6, 6.07) is 1.54. The summed E-state index contributed by atoms with van der Waals surface area (Å²) in [5.74, 6) is 4.99. The molecule has 1 aromatic rings. The number of carbonyl (C=O) groups excluding carboxylic acids is 1. The van der Waals surface area contributed by atoms with E-state index in [1.807, 2.05) is 0 Å². The van der Waals surface area contributed by atoms with Crippen LogP contribution in [0.1, 0.15) is 10.4 Å². The number of likely N-dealkylation sites (tertiary alicyclic amines) is 1. The normalized spacial score (nSPS) is 23.8. The molecule has 1 fully saturated rings. The average Bonchev–Trinajstić information content (AvgIpc) is 2.68. The lowest BCUT2D eigenvalue weighted by molar-refractivity contribution is 0.0572. The molecule has 0 radical (unpaired) electrons. The number of aliphatic hydroxyl groups is 2. The van der Waals surface area contributed by atoms with Crippen LogP contribution in [0.4, 0.5) is 5.69 Å². The summed E-state index contributed by atoms with van der Waals surface area (Å²) in [5, 5.41) is 18.8. The van der Waals surface area contributed by atoms with Gasteiger partial charge in [-0.3, -0.25) is 15.6 Å². The number of nitrogens with two attached hydrogens (primary N) is 1. The number of anilines is 1. The molecule has 0 saturated carbocycles. The molecule has 0 aliphatic carbocycles. The second-order valence-corrected chi connectivity index (χ2v) is 3.91. The SMILES string of the molecule is NNc1cnccc1C(=O)N1CC(O)C(O)C1. The standard InChI is InChI=1S/C10H14N4O3/c11-13-7-3-12-2-1-6(7)10(17)14-4-8(15)9(16)5-14/h1-3,8-9,13,15-16H,4-5,11H2. The van der Waals surface area contributed by atoms with Crippen molar-refractivity contribution in [3.8, 4) is 0 Å². The van der Waals surface area contributed by atoms with E-state index in [-0.39, 0.29) is 19.0 Å². The number of nitrogen functional groups attached to an aromatic ring is 1. The Kier molecular flexibility index (Phi) is 3.23. The van der Waals surface area contributed by atoms with Gasteiger partial charge in [-0.05, 0) is 6.07 Å². The Morgan fingerprint density at radius 1 is 1.47 bits per heavy atom. The molecule has 1 aromatic heterocycles. The van der Waals surface area contributed by atoms with Crippen molar-refractivity contribution in [3.63, 3.8) is 0 Å². The van der Waals surface area contributed by atoms with Crippen LogP contribution < -0.4 is 11.3 Å². The van der Waals surface area contributed by atoms with Gasteiger partial charge in [0, 0.05) is 19.3 Å². The summed E-state index contributed by atoms with van der Waals surface area (Å²) >= 11 is 0. The van der Waals surface area contributed by atoms with Gasteiger partial charge in [-0.2, -0.15) is 0 Å². The highest BCUT2D eigenvalue weighted by Crippen LogP contribution is 2.18. The molecule has 2 atom stereocenters. The molecule has 1 aliphatic heterocycles. The molecule has 0 spiro atoms. The van der Waals surface area contributed by atoms with Crippen molar-refractivity contribution < 1.29 is 15.0 Å². The van der Waals surface area contributed by atoms with Crippen molar-refractivity contribution in [1.29, 1.82) is 0 Å². The van der Waals surface area contributed by atoms with Crippen LogP contribution in [0.2, 0.25) is 0 Å². The first kappa shape index (κ1) is 11.8. The highest BCUT2D eigenvalue weighted by atomic mass is 16.3. The quantitative estimate of drug-likeness (QED) is 0.370. The minimum atomic E-state index is -0.893. The first-order chi connectivity index (χ1) is 8.13. The Hall–Kier alpha value is -1.70. The fraction of sp³-hybridized carbons (Fsp3) is 0.400. The zero-order valence-corrected chi connectivity index (χ0v) is 9.08. The maximum Gasteiger partial charge on any atom is 0.256 e. The topological polar surface area (TPSA) is 112 Å². The fourth-order valence-corrected chi connectivity index (χ4v) is 1.80. The molecule has 1 aliphatic rings. The summed E-state index contributed by atoms with van der Waals surface area (Å²) in [6.45, 7) is 0.235. The van der Waals surface area contributed by atoms with Crippen molar-refractivity contribution in [3.05, 3.63) is 24.0 Å². The van der Waals surface area contributed by atoms with Crippen molar-refractivity contribution in [1.82, 2.24) is 9.88 Å². The van der Waals surface area contributed by atoms with E-state index in [0.29, 0.717) is 11.3 Å². The van der Waals surface area contributed by atoms with Crippen molar-refractivity contribution in [2.45, 2.75) is 12.2 Å². The number of hydrogen-bond donors (Lipinski definition) is 4. The van der Waals surface area contributed by atoms with Crippen molar-refractivity contribution >= 4 is 11.6 Å². The van der Waals surface area contributed by atoms with Gasteiger partial charge < -0.3 is 20.5 Å². The number of carbonyl (C=O) groups is 1. The molecule has 92 valence electrons. The predicted molar refractivity (Wildman–Crippen MR) is 60.0 cm³/mol. The average molecular weight is 238 g/mol. The fourth-order valence-electron chi connectivity index (χ4n) is 1.80. The molecule has 7 nitrogen and oxygen atoms in total. The maximum absolute atomic E-state index is 12.1.